The van der Waals surface area contributed by atoms with Crippen molar-refractivity contribution in [2.24, 2.45) is 0 Å². The van der Waals surface area contributed by atoms with Crippen molar-refractivity contribution in [2.75, 3.05) is 23.4 Å². The smallest absolute Gasteiger partial charge is 0.416 e. The molecule has 2 amide bonds. The minimum Gasteiger partial charge on any atom is -0.454 e. The van der Waals surface area contributed by atoms with Crippen molar-refractivity contribution in [3.05, 3.63) is 59.7 Å². The predicted molar refractivity (Wildman–Crippen MR) is 94.2 cm³/mol. The first-order chi connectivity index (χ1) is 13.7. The molecule has 0 radical (unpaired) electrons. The number of nitrogens with zero attached hydrogens (tertiary/aromatic N) is 1. The lowest BCUT2D eigenvalue weighted by atomic mass is 10.1. The standard InChI is InChI=1S/C19H13F3N2O5/c20-19(21,22)11-5-7-12(8-6-11)23-15(25)10-29-16(26)9-24-14-4-2-1-3-13(14)17(27)18(24)28/h1-8H,9-10H2,(H,23,25). The van der Waals surface area contributed by atoms with Gasteiger partial charge < -0.3 is 10.1 Å². The van der Waals surface area contributed by atoms with E-state index in [-0.39, 0.29) is 16.9 Å². The largest absolute Gasteiger partial charge is 0.454 e. The number of para-hydroxylation sites is 1. The molecule has 3 rings (SSSR count). The minimum absolute atomic E-state index is 0.0910. The van der Waals surface area contributed by atoms with Gasteiger partial charge in [-0.25, -0.2) is 0 Å². The molecule has 0 saturated carbocycles. The summed E-state index contributed by atoms with van der Waals surface area (Å²) in [6, 6.07) is 9.87. The molecule has 0 aliphatic carbocycles. The van der Waals surface area contributed by atoms with Crippen LogP contribution in [-0.4, -0.2) is 36.7 Å². The van der Waals surface area contributed by atoms with Crippen LogP contribution < -0.4 is 10.2 Å². The zero-order valence-corrected chi connectivity index (χ0v) is 14.7. The number of benzene rings is 2. The van der Waals surface area contributed by atoms with Crippen LogP contribution in [0.1, 0.15) is 15.9 Å². The Morgan fingerprint density at radius 2 is 1.66 bits per heavy atom. The van der Waals surface area contributed by atoms with Gasteiger partial charge in [-0.1, -0.05) is 12.1 Å². The van der Waals surface area contributed by atoms with E-state index in [0.717, 1.165) is 29.2 Å². The SMILES string of the molecule is O=C(COC(=O)CN1C(=O)C(=O)c2ccccc21)Nc1ccc(C(F)(F)F)cc1. The van der Waals surface area contributed by atoms with E-state index in [1.807, 2.05) is 0 Å². The number of hydrogen-bond donors (Lipinski definition) is 1. The summed E-state index contributed by atoms with van der Waals surface area (Å²) in [7, 11) is 0. The number of halogens is 3. The topological polar surface area (TPSA) is 92.8 Å². The van der Waals surface area contributed by atoms with E-state index in [4.69, 9.17) is 4.74 Å². The summed E-state index contributed by atoms with van der Waals surface area (Å²) in [4.78, 5) is 48.5. The van der Waals surface area contributed by atoms with Crippen LogP contribution in [0, 0.1) is 0 Å². The lowest BCUT2D eigenvalue weighted by Crippen LogP contribution is -2.36. The van der Waals surface area contributed by atoms with E-state index in [9.17, 15) is 32.3 Å². The molecule has 10 heteroatoms. The van der Waals surface area contributed by atoms with Crippen molar-refractivity contribution >= 4 is 34.9 Å². The molecule has 2 aromatic carbocycles. The van der Waals surface area contributed by atoms with Gasteiger partial charge in [-0.15, -0.1) is 0 Å². The van der Waals surface area contributed by atoms with Gasteiger partial charge in [-0.3, -0.25) is 24.1 Å². The number of rotatable bonds is 5. The zero-order chi connectivity index (χ0) is 21.2. The van der Waals surface area contributed by atoms with Gasteiger partial charge in [-0.05, 0) is 36.4 Å². The molecule has 2 aromatic rings. The Hall–Kier alpha value is -3.69. The number of carbonyl (C=O) groups excluding carboxylic acids is 4. The number of hydrogen-bond acceptors (Lipinski definition) is 5. The molecular formula is C19H13F3N2O5. The molecule has 1 aliphatic heterocycles. The number of alkyl halides is 3. The Kier molecular flexibility index (Phi) is 5.35. The molecule has 29 heavy (non-hydrogen) atoms. The van der Waals surface area contributed by atoms with E-state index in [1.165, 1.54) is 12.1 Å². The molecule has 7 nitrogen and oxygen atoms in total. The highest BCUT2D eigenvalue weighted by atomic mass is 19.4. The predicted octanol–water partition coefficient (Wildman–Crippen LogP) is 2.42. The number of Topliss-reactive ketones (excluding diaryl/α,β-unsaturated/α-hetero) is 1. The van der Waals surface area contributed by atoms with Gasteiger partial charge >= 0.3 is 12.1 Å². The number of carbonyl (C=O) groups is 4. The third kappa shape index (κ3) is 4.42. The molecule has 1 N–H and O–H groups in total. The number of amides is 2. The quantitative estimate of drug-likeness (QED) is 0.608. The van der Waals surface area contributed by atoms with Crippen LogP contribution in [0.4, 0.5) is 24.5 Å². The molecule has 0 fully saturated rings. The van der Waals surface area contributed by atoms with E-state index < -0.39 is 48.5 Å². The number of ether oxygens (including phenoxy) is 1. The second-order valence-electron chi connectivity index (χ2n) is 6.02. The normalized spacial score (nSPS) is 13.3. The molecule has 0 spiro atoms. The Morgan fingerprint density at radius 1 is 1.00 bits per heavy atom. The monoisotopic (exact) mass is 406 g/mol. The lowest BCUT2D eigenvalue weighted by molar-refractivity contribution is -0.146. The fraction of sp³-hybridized carbons (Fsp3) is 0.158. The van der Waals surface area contributed by atoms with Crippen LogP contribution in [0.5, 0.6) is 0 Å². The number of esters is 1. The summed E-state index contributed by atoms with van der Waals surface area (Å²) in [6.45, 7) is -1.27. The van der Waals surface area contributed by atoms with Crippen molar-refractivity contribution in [1.82, 2.24) is 0 Å². The first-order valence-corrected chi connectivity index (χ1v) is 8.25. The number of nitrogens with one attached hydrogen (secondary N) is 1. The molecule has 1 aliphatic rings. The van der Waals surface area contributed by atoms with Crippen LogP contribution in [0.3, 0.4) is 0 Å². The summed E-state index contributed by atoms with van der Waals surface area (Å²) >= 11 is 0. The third-order valence-electron chi connectivity index (χ3n) is 4.03. The fourth-order valence-electron chi connectivity index (χ4n) is 2.67. The van der Waals surface area contributed by atoms with Crippen LogP contribution >= 0.6 is 0 Å². The maximum absolute atomic E-state index is 12.5. The van der Waals surface area contributed by atoms with E-state index in [1.54, 1.807) is 12.1 Å². The van der Waals surface area contributed by atoms with Crippen molar-refractivity contribution < 1.29 is 37.1 Å². The molecule has 0 atom stereocenters. The molecule has 1 heterocycles. The molecular weight excluding hydrogens is 393 g/mol. The summed E-state index contributed by atoms with van der Waals surface area (Å²) in [5.41, 5.74) is -0.334. The van der Waals surface area contributed by atoms with Gasteiger partial charge in [0.05, 0.1) is 16.8 Å². The molecule has 0 aromatic heterocycles. The highest BCUT2D eigenvalue weighted by Gasteiger charge is 2.36. The molecule has 0 bridgehead atoms. The van der Waals surface area contributed by atoms with E-state index in [2.05, 4.69) is 5.32 Å². The Balaban J connectivity index is 1.53. The van der Waals surface area contributed by atoms with Gasteiger partial charge in [-0.2, -0.15) is 13.2 Å². The average molecular weight is 406 g/mol. The average Bonchev–Trinajstić information content (AvgIpc) is 2.91. The van der Waals surface area contributed by atoms with Gasteiger partial charge in [0.2, 0.25) is 0 Å². The van der Waals surface area contributed by atoms with Crippen LogP contribution in [0.15, 0.2) is 48.5 Å². The summed E-state index contributed by atoms with van der Waals surface area (Å²) in [5, 5.41) is 2.28. The first kappa shape index (κ1) is 20.1. The van der Waals surface area contributed by atoms with E-state index >= 15 is 0 Å². The Labute approximate surface area is 162 Å². The molecule has 0 saturated heterocycles. The van der Waals surface area contributed by atoms with Crippen molar-refractivity contribution in [2.45, 2.75) is 6.18 Å². The Morgan fingerprint density at radius 3 is 2.31 bits per heavy atom. The van der Waals surface area contributed by atoms with Crippen LogP contribution in [0.2, 0.25) is 0 Å². The maximum Gasteiger partial charge on any atom is 0.416 e. The van der Waals surface area contributed by atoms with Crippen LogP contribution in [-0.2, 0) is 25.3 Å². The first-order valence-electron chi connectivity index (χ1n) is 8.25. The van der Waals surface area contributed by atoms with Crippen molar-refractivity contribution in [3.8, 4) is 0 Å². The number of fused-ring (bicyclic) bond motifs is 1. The van der Waals surface area contributed by atoms with Gasteiger partial charge in [0.1, 0.15) is 6.54 Å². The highest BCUT2D eigenvalue weighted by Crippen LogP contribution is 2.30. The van der Waals surface area contributed by atoms with Gasteiger partial charge in [0, 0.05) is 5.69 Å². The van der Waals surface area contributed by atoms with Crippen molar-refractivity contribution in [3.63, 3.8) is 0 Å². The van der Waals surface area contributed by atoms with Gasteiger partial charge in [0.25, 0.3) is 17.6 Å². The lowest BCUT2D eigenvalue weighted by Gasteiger charge is -2.15. The second-order valence-corrected chi connectivity index (χ2v) is 6.02. The fourth-order valence-corrected chi connectivity index (χ4v) is 2.67. The Bertz CT molecular complexity index is 986. The maximum atomic E-state index is 12.5. The second kappa shape index (κ2) is 7.74. The molecule has 150 valence electrons. The number of anilines is 2. The minimum atomic E-state index is -4.49. The number of ketones is 1. The zero-order valence-electron chi connectivity index (χ0n) is 14.7. The van der Waals surface area contributed by atoms with E-state index in [0.29, 0.717) is 0 Å². The molecule has 0 unspecified atom stereocenters. The van der Waals surface area contributed by atoms with Gasteiger partial charge in [0.15, 0.2) is 6.61 Å². The summed E-state index contributed by atoms with van der Waals surface area (Å²) in [6.07, 6.45) is -4.49. The highest BCUT2D eigenvalue weighted by molar-refractivity contribution is 6.52. The summed E-state index contributed by atoms with van der Waals surface area (Å²) < 4.78 is 42.3. The third-order valence-corrected chi connectivity index (χ3v) is 4.03. The van der Waals surface area contributed by atoms with Crippen molar-refractivity contribution in [1.29, 1.82) is 0 Å². The summed E-state index contributed by atoms with van der Waals surface area (Å²) in [5.74, 6) is -3.32. The van der Waals surface area contributed by atoms with Crippen LogP contribution in [0.25, 0.3) is 0 Å².